The van der Waals surface area contributed by atoms with Crippen molar-refractivity contribution in [2.24, 2.45) is 16.7 Å². The molecule has 3 rings (SSSR count). The Balaban J connectivity index is 2.01. The van der Waals surface area contributed by atoms with Crippen molar-refractivity contribution >= 4 is 11.9 Å². The van der Waals surface area contributed by atoms with E-state index < -0.39 is 0 Å². The van der Waals surface area contributed by atoms with Crippen LogP contribution in [0.3, 0.4) is 0 Å². The minimum absolute atomic E-state index is 0.0819. The third-order valence-electron chi connectivity index (χ3n) is 6.33. The van der Waals surface area contributed by atoms with Gasteiger partial charge in [-0.05, 0) is 48.3 Å². The molecule has 0 amide bonds. The van der Waals surface area contributed by atoms with Gasteiger partial charge in [-0.3, -0.25) is 4.79 Å². The van der Waals surface area contributed by atoms with E-state index >= 15 is 0 Å². The van der Waals surface area contributed by atoms with Gasteiger partial charge in [0, 0.05) is 13.0 Å². The number of ketones is 1. The smallest absolute Gasteiger partial charge is 0.143 e. The lowest BCUT2D eigenvalue weighted by Gasteiger charge is -2.39. The second kappa shape index (κ2) is 6.24. The first-order valence-corrected chi connectivity index (χ1v) is 9.02. The fourth-order valence-electron chi connectivity index (χ4n) is 4.91. The average molecular weight is 311 g/mol. The zero-order chi connectivity index (χ0) is 16.5. The maximum Gasteiger partial charge on any atom is 0.143 e. The van der Waals surface area contributed by atoms with E-state index in [0.717, 1.165) is 32.4 Å². The fraction of sp³-hybridized carbons (Fsp3) is 0.571. The van der Waals surface area contributed by atoms with Crippen LogP contribution in [0, 0.1) is 16.7 Å². The highest BCUT2D eigenvalue weighted by atomic mass is 16.1. The van der Waals surface area contributed by atoms with Gasteiger partial charge in [0.15, 0.2) is 0 Å². The summed E-state index contributed by atoms with van der Waals surface area (Å²) in [5, 5.41) is 3.55. The molecule has 0 saturated heterocycles. The standard InChI is InChI=1S/C21H29NO/c1-4-12-22-15-18(13-16-8-6-5-7-9-16)21-11-10-17(14-19(21)23)20(21,2)3/h5-9,13,17,22H,4,10-12,14-15H2,1-3H3. The molecule has 23 heavy (non-hydrogen) atoms. The van der Waals surface area contributed by atoms with Gasteiger partial charge in [-0.25, -0.2) is 0 Å². The van der Waals surface area contributed by atoms with Crippen LogP contribution in [0.2, 0.25) is 0 Å². The summed E-state index contributed by atoms with van der Waals surface area (Å²) in [7, 11) is 0. The van der Waals surface area contributed by atoms with Crippen molar-refractivity contribution in [2.75, 3.05) is 13.1 Å². The predicted octanol–water partition coefficient (Wildman–Crippen LogP) is 4.47. The summed E-state index contributed by atoms with van der Waals surface area (Å²) in [5.74, 6) is 1.03. The maximum atomic E-state index is 13.0. The van der Waals surface area contributed by atoms with Crippen LogP contribution in [0.5, 0.6) is 0 Å². The van der Waals surface area contributed by atoms with Gasteiger partial charge in [-0.15, -0.1) is 0 Å². The van der Waals surface area contributed by atoms with E-state index in [2.05, 4.69) is 56.4 Å². The molecule has 2 nitrogen and oxygen atoms in total. The van der Waals surface area contributed by atoms with E-state index in [-0.39, 0.29) is 10.8 Å². The molecule has 2 bridgehead atoms. The van der Waals surface area contributed by atoms with E-state index in [1.807, 2.05) is 6.07 Å². The average Bonchev–Trinajstić information content (AvgIpc) is 2.90. The number of hydrogen-bond donors (Lipinski definition) is 1. The molecular formula is C21H29NO. The molecule has 2 saturated carbocycles. The van der Waals surface area contributed by atoms with Crippen LogP contribution in [0.1, 0.15) is 52.0 Å². The number of rotatable bonds is 6. The first-order valence-electron chi connectivity index (χ1n) is 9.02. The number of Topliss-reactive ketones (excluding diaryl/α,β-unsaturated/α-hetero) is 1. The summed E-state index contributed by atoms with van der Waals surface area (Å²) in [6, 6.07) is 10.4. The molecule has 2 aliphatic rings. The Morgan fingerprint density at radius 2 is 2.04 bits per heavy atom. The van der Waals surface area contributed by atoms with Crippen LogP contribution in [0.4, 0.5) is 0 Å². The Morgan fingerprint density at radius 3 is 2.61 bits per heavy atom. The quantitative estimate of drug-likeness (QED) is 0.786. The zero-order valence-electron chi connectivity index (χ0n) is 14.7. The third kappa shape index (κ3) is 2.57. The Kier molecular flexibility index (Phi) is 4.46. The molecule has 2 heteroatoms. The van der Waals surface area contributed by atoms with Crippen molar-refractivity contribution in [3.05, 3.63) is 41.5 Å². The van der Waals surface area contributed by atoms with Gasteiger partial charge in [0.05, 0.1) is 5.41 Å². The van der Waals surface area contributed by atoms with Gasteiger partial charge < -0.3 is 5.32 Å². The molecule has 2 fully saturated rings. The molecule has 1 aromatic carbocycles. The second-order valence-corrected chi connectivity index (χ2v) is 7.75. The molecule has 0 spiro atoms. The van der Waals surface area contributed by atoms with Crippen molar-refractivity contribution in [3.8, 4) is 0 Å². The number of fused-ring (bicyclic) bond motifs is 2. The van der Waals surface area contributed by atoms with Crippen molar-refractivity contribution < 1.29 is 4.79 Å². The normalized spacial score (nSPS) is 29.3. The molecule has 0 aromatic heterocycles. The Bertz CT molecular complexity index is 602. The lowest BCUT2D eigenvalue weighted by molar-refractivity contribution is -0.127. The van der Waals surface area contributed by atoms with Gasteiger partial charge >= 0.3 is 0 Å². The van der Waals surface area contributed by atoms with E-state index in [0.29, 0.717) is 11.7 Å². The SMILES string of the molecule is CCCNCC(=Cc1ccccc1)C12CCC(CC1=O)C2(C)C. The van der Waals surface area contributed by atoms with Gasteiger partial charge in [-0.2, -0.15) is 0 Å². The van der Waals surface area contributed by atoms with Crippen LogP contribution < -0.4 is 5.32 Å². The number of carbonyl (C=O) groups is 1. The topological polar surface area (TPSA) is 29.1 Å². The highest BCUT2D eigenvalue weighted by molar-refractivity contribution is 5.94. The number of carbonyl (C=O) groups excluding carboxylic acids is 1. The number of nitrogens with one attached hydrogen (secondary N) is 1. The summed E-state index contributed by atoms with van der Waals surface area (Å²) < 4.78 is 0. The highest BCUT2D eigenvalue weighted by Gasteiger charge is 2.65. The Hall–Kier alpha value is -1.41. The van der Waals surface area contributed by atoms with Gasteiger partial charge in [0.2, 0.25) is 0 Å². The second-order valence-electron chi connectivity index (χ2n) is 7.75. The van der Waals surface area contributed by atoms with Crippen LogP contribution in [-0.2, 0) is 4.79 Å². The summed E-state index contributed by atoms with van der Waals surface area (Å²) in [6.07, 6.45) is 6.38. The number of benzene rings is 1. The molecule has 0 radical (unpaired) electrons. The van der Waals surface area contributed by atoms with Crippen LogP contribution >= 0.6 is 0 Å². The van der Waals surface area contributed by atoms with Gasteiger partial charge in [0.1, 0.15) is 5.78 Å². The van der Waals surface area contributed by atoms with Gasteiger partial charge in [0.25, 0.3) is 0 Å². The first-order chi connectivity index (χ1) is 11.0. The van der Waals surface area contributed by atoms with Crippen LogP contribution in [-0.4, -0.2) is 18.9 Å². The lowest BCUT2D eigenvalue weighted by atomic mass is 9.64. The van der Waals surface area contributed by atoms with Crippen molar-refractivity contribution in [1.82, 2.24) is 5.32 Å². The maximum absolute atomic E-state index is 13.0. The van der Waals surface area contributed by atoms with Crippen molar-refractivity contribution in [1.29, 1.82) is 0 Å². The van der Waals surface area contributed by atoms with E-state index in [1.54, 1.807) is 0 Å². The lowest BCUT2D eigenvalue weighted by Crippen LogP contribution is -2.41. The molecule has 124 valence electrons. The fourth-order valence-corrected chi connectivity index (χ4v) is 4.91. The third-order valence-corrected chi connectivity index (χ3v) is 6.33. The monoisotopic (exact) mass is 311 g/mol. The molecule has 2 unspecified atom stereocenters. The van der Waals surface area contributed by atoms with E-state index in [9.17, 15) is 4.79 Å². The molecule has 2 aliphatic carbocycles. The summed E-state index contributed by atoms with van der Waals surface area (Å²) in [4.78, 5) is 13.0. The Labute approximate surface area is 140 Å². The zero-order valence-corrected chi connectivity index (χ0v) is 14.7. The first kappa shape index (κ1) is 16.4. The minimum atomic E-state index is -0.256. The summed E-state index contributed by atoms with van der Waals surface area (Å²) in [6.45, 7) is 8.63. The van der Waals surface area contributed by atoms with E-state index in [4.69, 9.17) is 0 Å². The van der Waals surface area contributed by atoms with Crippen molar-refractivity contribution in [2.45, 2.75) is 46.5 Å². The molecule has 1 N–H and O–H groups in total. The van der Waals surface area contributed by atoms with E-state index in [1.165, 1.54) is 17.6 Å². The largest absolute Gasteiger partial charge is 0.313 e. The molecular weight excluding hydrogens is 282 g/mol. The van der Waals surface area contributed by atoms with Gasteiger partial charge in [-0.1, -0.05) is 57.2 Å². The number of hydrogen-bond acceptors (Lipinski definition) is 2. The van der Waals surface area contributed by atoms with Crippen molar-refractivity contribution in [3.63, 3.8) is 0 Å². The highest BCUT2D eigenvalue weighted by Crippen LogP contribution is 2.66. The predicted molar refractivity (Wildman–Crippen MR) is 96.1 cm³/mol. The molecule has 0 heterocycles. The summed E-state index contributed by atoms with van der Waals surface area (Å²) >= 11 is 0. The minimum Gasteiger partial charge on any atom is -0.313 e. The Morgan fingerprint density at radius 1 is 1.30 bits per heavy atom. The summed E-state index contributed by atoms with van der Waals surface area (Å²) in [5.41, 5.74) is 2.33. The molecule has 0 aliphatic heterocycles. The van der Waals surface area contributed by atoms with Crippen LogP contribution in [0.15, 0.2) is 35.9 Å². The molecule has 1 aromatic rings. The van der Waals surface area contributed by atoms with Crippen LogP contribution in [0.25, 0.3) is 6.08 Å². The molecule has 2 atom stereocenters.